The molecule has 5 N–H and O–H groups in total. The van der Waals surface area contributed by atoms with E-state index in [0.717, 1.165) is 51.0 Å². The molecule has 0 aliphatic heterocycles. The largest absolute Gasteiger partial charge is 0.550 e. The minimum atomic E-state index is -2.97. The maximum absolute atomic E-state index is 10.1. The zero-order valence-electron chi connectivity index (χ0n) is 29.9. The van der Waals surface area contributed by atoms with E-state index in [2.05, 4.69) is 84.6 Å². The van der Waals surface area contributed by atoms with Crippen LogP contribution in [0.25, 0.3) is 0 Å². The number of rotatable bonds is 13. The molecule has 17 nitrogen and oxygen atoms in total. The third-order valence-corrected chi connectivity index (χ3v) is 4.34. The van der Waals surface area contributed by atoms with Gasteiger partial charge in [-0.15, -0.1) is 0 Å². The Hall–Kier alpha value is -2.48. The molecule has 0 aliphatic rings. The first-order chi connectivity index (χ1) is 19.8. The lowest BCUT2D eigenvalue weighted by atomic mass is 9.96. The van der Waals surface area contributed by atoms with Crippen molar-refractivity contribution in [3.63, 3.8) is 0 Å². The Morgan fingerprint density at radius 2 is 0.644 bits per heavy atom. The molecule has 0 radical (unpaired) electrons. The van der Waals surface area contributed by atoms with E-state index in [1.165, 1.54) is 0 Å². The van der Waals surface area contributed by atoms with Crippen LogP contribution in [0.4, 0.5) is 0 Å². The fraction of sp³-hybridized carbons (Fsp3) is 0.857. The number of quaternary nitrogens is 4. The highest BCUT2D eigenvalue weighted by Crippen LogP contribution is 2.13. The van der Waals surface area contributed by atoms with Gasteiger partial charge in [0.2, 0.25) is 0 Å². The van der Waals surface area contributed by atoms with Crippen LogP contribution in [-0.4, -0.2) is 210 Å². The Labute approximate surface area is 269 Å². The maximum atomic E-state index is 10.1. The van der Waals surface area contributed by atoms with E-state index in [-0.39, 0.29) is 26.4 Å². The second-order valence-electron chi connectivity index (χ2n) is 13.9. The molecule has 0 aromatic heterocycles. The maximum Gasteiger partial charge on any atom is 0.114 e. The highest BCUT2D eigenvalue weighted by molar-refractivity contribution is 5.86. The van der Waals surface area contributed by atoms with Crippen molar-refractivity contribution in [2.24, 2.45) is 0 Å². The number of carboxylic acid groups (broad SMARTS) is 4. The predicted octanol–water partition coefficient (Wildman–Crippen LogP) is -7.76. The van der Waals surface area contributed by atoms with Crippen LogP contribution in [0.15, 0.2) is 0 Å². The van der Waals surface area contributed by atoms with Crippen molar-refractivity contribution in [3.8, 4) is 0 Å². The van der Waals surface area contributed by atoms with E-state index in [1.807, 2.05) is 0 Å². The number of hydrogen-bond donors (Lipinski definition) is 5. The Kier molecular flexibility index (Phi) is 34.0. The van der Waals surface area contributed by atoms with E-state index in [0.29, 0.717) is 0 Å². The summed E-state index contributed by atoms with van der Waals surface area (Å²) in [5.74, 6) is -7.07. The second kappa shape index (κ2) is 27.8. The van der Waals surface area contributed by atoms with E-state index in [9.17, 15) is 29.7 Å². The number of aliphatic hydroxyl groups excluding tert-OH is 4. The van der Waals surface area contributed by atoms with Gasteiger partial charge in [0.25, 0.3) is 0 Å². The number of carbonyl (C=O) groups is 4. The van der Waals surface area contributed by atoms with Crippen LogP contribution in [0.3, 0.4) is 0 Å². The third kappa shape index (κ3) is 74.4. The smallest absolute Gasteiger partial charge is 0.114 e. The molecular weight excluding hydrogens is 600 g/mol. The van der Waals surface area contributed by atoms with Crippen LogP contribution in [0, 0.1) is 0 Å². The molecule has 17 heteroatoms. The van der Waals surface area contributed by atoms with Gasteiger partial charge in [0, 0.05) is 30.7 Å². The van der Waals surface area contributed by atoms with Crippen LogP contribution in [0.2, 0.25) is 0 Å². The van der Waals surface area contributed by atoms with Gasteiger partial charge in [-0.05, 0) is 6.92 Å². The fourth-order valence-electron chi connectivity index (χ4n) is 1.88. The molecule has 274 valence electrons. The number of nitrogens with zero attached hydrogens (tertiary/aromatic N) is 4. The third-order valence-electron chi connectivity index (χ3n) is 4.34. The molecule has 0 saturated heterocycles. The molecule has 45 heavy (non-hydrogen) atoms. The van der Waals surface area contributed by atoms with Crippen molar-refractivity contribution in [1.29, 1.82) is 0 Å². The topological polar surface area (TPSA) is 262 Å². The van der Waals surface area contributed by atoms with Crippen LogP contribution in [0.5, 0.6) is 0 Å². The van der Waals surface area contributed by atoms with E-state index >= 15 is 0 Å². The van der Waals surface area contributed by atoms with E-state index < -0.39 is 42.3 Å². The average Bonchev–Trinajstić information content (AvgIpc) is 2.70. The standard InChI is InChI=1S/C6H8O7.4C5H14NO.C2H4O2/c7-3(8)1-6(13,5(11)12)2-4(9)10;4*1-6(2,3)4-5-7;1-2(3)4/h13H,1-2H2,(H,7,8)(H,9,10)(H,11,12);4*7H,4-5H2,1-3H3;1H3,(H,3,4)/q;4*+1;/p-4. The summed E-state index contributed by atoms with van der Waals surface area (Å²) in [5.41, 5.74) is -2.97. The minimum Gasteiger partial charge on any atom is -0.550 e. The quantitative estimate of drug-likeness (QED) is 0.115. The zero-order chi connectivity index (χ0) is 37.9. The minimum absolute atomic E-state index is 0.281. The van der Waals surface area contributed by atoms with Crippen molar-refractivity contribution < 1.29 is 83.1 Å². The van der Waals surface area contributed by atoms with Crippen molar-refractivity contribution in [2.75, 3.05) is 137 Å². The molecule has 0 aromatic carbocycles. The van der Waals surface area contributed by atoms with E-state index in [1.54, 1.807) is 0 Å². The molecule has 0 fully saturated rings. The summed E-state index contributed by atoms with van der Waals surface area (Å²) in [7, 11) is 24.6. The lowest BCUT2D eigenvalue weighted by Crippen LogP contribution is -2.54. The molecular formula is C28H64N4O13. The van der Waals surface area contributed by atoms with Crippen molar-refractivity contribution in [1.82, 2.24) is 0 Å². The zero-order valence-corrected chi connectivity index (χ0v) is 29.9. The average molecular weight is 665 g/mol. The highest BCUT2D eigenvalue weighted by Gasteiger charge is 2.29. The number of likely N-dealkylation sites (N-methyl/N-ethyl adjacent to an activating group) is 4. The highest BCUT2D eigenvalue weighted by atomic mass is 16.4. The summed E-state index contributed by atoms with van der Waals surface area (Å²) in [6.45, 7) is 5.43. The molecule has 0 rings (SSSR count). The van der Waals surface area contributed by atoms with Gasteiger partial charge in [0.05, 0.1) is 117 Å². The monoisotopic (exact) mass is 664 g/mol. The van der Waals surface area contributed by atoms with Crippen LogP contribution in [-0.2, 0) is 19.2 Å². The van der Waals surface area contributed by atoms with Crippen LogP contribution >= 0.6 is 0 Å². The molecule has 0 aliphatic carbocycles. The molecule has 0 unspecified atom stereocenters. The summed E-state index contributed by atoms with van der Waals surface area (Å²) in [6.07, 6.45) is -2.72. The van der Waals surface area contributed by atoms with Gasteiger partial charge in [0.1, 0.15) is 31.8 Å². The summed E-state index contributed by atoms with van der Waals surface area (Å²) in [6, 6.07) is 0. The number of carboxylic acids is 4. The number of carbonyl (C=O) groups excluding carboxylic acids is 4. The van der Waals surface area contributed by atoms with Crippen molar-refractivity contribution in [3.05, 3.63) is 0 Å². The predicted molar refractivity (Wildman–Crippen MR) is 160 cm³/mol. The summed E-state index contributed by atoms with van der Waals surface area (Å²) < 4.78 is 3.38. The van der Waals surface area contributed by atoms with Gasteiger partial charge in [-0.1, -0.05) is 0 Å². The Balaban J connectivity index is -0.000000105. The first-order valence-electron chi connectivity index (χ1n) is 13.9. The number of hydrogen-bond acceptors (Lipinski definition) is 13. The van der Waals surface area contributed by atoms with E-state index in [4.69, 9.17) is 35.4 Å². The molecule has 0 atom stereocenters. The van der Waals surface area contributed by atoms with Crippen LogP contribution in [0.1, 0.15) is 19.8 Å². The molecule has 0 saturated carbocycles. The van der Waals surface area contributed by atoms with Crippen LogP contribution < -0.4 is 20.4 Å². The molecule has 0 spiro atoms. The molecule has 0 bridgehead atoms. The van der Waals surface area contributed by atoms with Gasteiger partial charge in [-0.2, -0.15) is 0 Å². The Morgan fingerprint density at radius 3 is 0.689 bits per heavy atom. The van der Waals surface area contributed by atoms with Crippen molar-refractivity contribution >= 4 is 23.9 Å². The van der Waals surface area contributed by atoms with Gasteiger partial charge in [-0.25, -0.2) is 0 Å². The van der Waals surface area contributed by atoms with Gasteiger partial charge in [-0.3, -0.25) is 0 Å². The normalized spacial score (nSPS) is 11.2. The summed E-state index contributed by atoms with van der Waals surface area (Å²) in [5, 5.41) is 81.4. The molecule has 0 heterocycles. The Morgan fingerprint density at radius 1 is 0.489 bits per heavy atom. The summed E-state index contributed by atoms with van der Waals surface area (Å²) >= 11 is 0. The first-order valence-corrected chi connectivity index (χ1v) is 13.9. The van der Waals surface area contributed by atoms with Crippen molar-refractivity contribution in [2.45, 2.75) is 25.4 Å². The molecule has 0 amide bonds. The number of aliphatic hydroxyl groups is 5. The fourth-order valence-corrected chi connectivity index (χ4v) is 1.88. The SMILES string of the molecule is CC(=O)[O-].C[N+](C)(C)CCO.C[N+](C)(C)CCO.C[N+](C)(C)CCO.C[N+](C)(C)CCO.O=C([O-])CC(O)(CC(=O)[O-])C(=O)[O-]. The van der Waals surface area contributed by atoms with Gasteiger partial charge in [0.15, 0.2) is 0 Å². The lowest BCUT2D eigenvalue weighted by Gasteiger charge is -2.29. The Bertz CT molecular complexity index is 684. The number of aliphatic carboxylic acids is 4. The second-order valence-corrected chi connectivity index (χ2v) is 13.9. The van der Waals surface area contributed by atoms with Gasteiger partial charge >= 0.3 is 0 Å². The lowest BCUT2D eigenvalue weighted by molar-refractivity contribution is -0.870. The summed E-state index contributed by atoms with van der Waals surface area (Å²) in [4.78, 5) is 38.9. The first kappa shape index (κ1) is 55.0. The molecule has 0 aromatic rings. The van der Waals surface area contributed by atoms with Gasteiger partial charge < -0.3 is 83.1 Å².